The van der Waals surface area contributed by atoms with Crippen LogP contribution < -0.4 is 5.32 Å². The van der Waals surface area contributed by atoms with E-state index >= 15 is 0 Å². The molecule has 0 saturated carbocycles. The first kappa shape index (κ1) is 34.6. The fourth-order valence-corrected chi connectivity index (χ4v) is 6.05. The van der Waals surface area contributed by atoms with Gasteiger partial charge in [-0.25, -0.2) is 36.0 Å². The molecule has 50 heavy (non-hydrogen) atoms. The van der Waals surface area contributed by atoms with Crippen LogP contribution in [-0.2, 0) is 21.6 Å². The van der Waals surface area contributed by atoms with Gasteiger partial charge in [-0.2, -0.15) is 10.4 Å². The number of aliphatic hydroxyl groups is 1. The number of ether oxygens (including phenoxy) is 2. The Labute approximate surface area is 280 Å². The van der Waals surface area contributed by atoms with Crippen molar-refractivity contribution in [2.45, 2.75) is 31.8 Å². The van der Waals surface area contributed by atoms with Crippen LogP contribution in [0.3, 0.4) is 0 Å². The number of hydrogen-bond acceptors (Lipinski definition) is 7. The summed E-state index contributed by atoms with van der Waals surface area (Å²) in [5.41, 5.74) is -4.08. The van der Waals surface area contributed by atoms with Crippen LogP contribution in [0.15, 0.2) is 67.3 Å². The van der Waals surface area contributed by atoms with E-state index in [0.29, 0.717) is 22.8 Å². The van der Waals surface area contributed by atoms with Crippen molar-refractivity contribution in [1.29, 1.82) is 5.26 Å². The van der Waals surface area contributed by atoms with Gasteiger partial charge in [0, 0.05) is 28.7 Å². The molecule has 9 nitrogen and oxygen atoms in total. The van der Waals surface area contributed by atoms with E-state index in [-0.39, 0.29) is 36.8 Å². The molecule has 1 saturated heterocycles. The van der Waals surface area contributed by atoms with Crippen LogP contribution in [0.4, 0.5) is 32.0 Å². The third kappa shape index (κ3) is 6.65. The molecule has 2 heterocycles. The number of carbonyl (C=O) groups excluding carboxylic acids is 1. The molecule has 1 aliphatic heterocycles. The van der Waals surface area contributed by atoms with E-state index in [1.807, 2.05) is 5.32 Å². The topological polar surface area (TPSA) is 122 Å². The predicted octanol–water partition coefficient (Wildman–Crippen LogP) is 6.67. The Hall–Kier alpha value is -5.30. The normalized spacial score (nSPS) is 18.0. The van der Waals surface area contributed by atoms with Crippen LogP contribution in [-0.4, -0.2) is 39.0 Å². The van der Waals surface area contributed by atoms with Crippen molar-refractivity contribution in [3.8, 4) is 6.07 Å². The van der Waals surface area contributed by atoms with Crippen LogP contribution in [0.5, 0.6) is 0 Å². The predicted molar refractivity (Wildman–Crippen MR) is 165 cm³/mol. The lowest BCUT2D eigenvalue weighted by molar-refractivity contribution is -0.210. The van der Waals surface area contributed by atoms with E-state index in [2.05, 4.69) is 10.1 Å². The third-order valence-electron chi connectivity index (χ3n) is 8.75. The fourth-order valence-electron chi connectivity index (χ4n) is 6.05. The van der Waals surface area contributed by atoms with E-state index in [9.17, 15) is 36.2 Å². The number of benzene rings is 4. The minimum atomic E-state index is -1.93. The van der Waals surface area contributed by atoms with Crippen molar-refractivity contribution in [3.05, 3.63) is 124 Å². The molecule has 2 atom stereocenters. The molecule has 2 N–H and O–H groups in total. The number of anilines is 1. The molecule has 258 valence electrons. The van der Waals surface area contributed by atoms with Gasteiger partial charge in [-0.1, -0.05) is 31.2 Å². The molecule has 2 unspecified atom stereocenters. The van der Waals surface area contributed by atoms with Crippen molar-refractivity contribution < 1.29 is 45.7 Å². The highest BCUT2D eigenvalue weighted by Crippen LogP contribution is 2.39. The lowest BCUT2D eigenvalue weighted by Crippen LogP contribution is -2.41. The third-order valence-corrected chi connectivity index (χ3v) is 8.75. The number of rotatable bonds is 9. The molecule has 1 aliphatic rings. The first-order valence-corrected chi connectivity index (χ1v) is 15.2. The van der Waals surface area contributed by atoms with Gasteiger partial charge < -0.3 is 19.9 Å². The minimum absolute atomic E-state index is 0.0688. The second-order valence-electron chi connectivity index (χ2n) is 12.0. The van der Waals surface area contributed by atoms with Crippen LogP contribution in [0.25, 0.3) is 10.8 Å². The van der Waals surface area contributed by atoms with Crippen LogP contribution in [0, 0.1) is 58.1 Å². The number of nitrogens with one attached hydrogen (secondary N) is 1. The number of halogens is 6. The van der Waals surface area contributed by atoms with Crippen LogP contribution >= 0.6 is 0 Å². The highest BCUT2D eigenvalue weighted by molar-refractivity contribution is 6.06. The Morgan fingerprint density at radius 1 is 1.00 bits per heavy atom. The van der Waals surface area contributed by atoms with Crippen molar-refractivity contribution >= 4 is 22.4 Å². The Kier molecular flexibility index (Phi) is 9.61. The Morgan fingerprint density at radius 3 is 2.32 bits per heavy atom. The summed E-state index contributed by atoms with van der Waals surface area (Å²) < 4.78 is 98.7. The molecule has 1 aromatic heterocycles. The van der Waals surface area contributed by atoms with E-state index in [1.54, 1.807) is 31.2 Å². The van der Waals surface area contributed by atoms with Gasteiger partial charge in [0.2, 0.25) is 0 Å². The summed E-state index contributed by atoms with van der Waals surface area (Å²) in [6, 6.07) is 13.5. The summed E-state index contributed by atoms with van der Waals surface area (Å²) in [4.78, 5) is 16.6. The molecular weight excluding hydrogens is 668 g/mol. The average Bonchev–Trinajstić information content (AvgIpc) is 3.62. The summed E-state index contributed by atoms with van der Waals surface area (Å²) in [6.45, 7) is 2.09. The van der Waals surface area contributed by atoms with Crippen LogP contribution in [0.1, 0.15) is 46.7 Å². The van der Waals surface area contributed by atoms with Crippen molar-refractivity contribution in [2.24, 2.45) is 11.8 Å². The van der Waals surface area contributed by atoms with Gasteiger partial charge in [0.25, 0.3) is 5.91 Å². The number of nitriles is 1. The highest BCUT2D eigenvalue weighted by atomic mass is 19.2. The van der Waals surface area contributed by atoms with E-state index in [0.717, 1.165) is 18.2 Å². The lowest BCUT2D eigenvalue weighted by Gasteiger charge is -2.38. The van der Waals surface area contributed by atoms with Gasteiger partial charge in [0.05, 0.1) is 19.8 Å². The summed E-state index contributed by atoms with van der Waals surface area (Å²) >= 11 is 0. The molecule has 0 aliphatic carbocycles. The van der Waals surface area contributed by atoms with Gasteiger partial charge in [-0.05, 0) is 47.4 Å². The first-order chi connectivity index (χ1) is 23.9. The molecule has 1 fully saturated rings. The number of amides is 1. The molecule has 0 bridgehead atoms. The Balaban J connectivity index is 1.12. The van der Waals surface area contributed by atoms with E-state index in [4.69, 9.17) is 14.7 Å². The average molecular weight is 696 g/mol. The van der Waals surface area contributed by atoms with E-state index < -0.39 is 69.9 Å². The second-order valence-corrected chi connectivity index (χ2v) is 12.0. The molecular formula is C35H27F6N5O4. The van der Waals surface area contributed by atoms with Gasteiger partial charge in [0.1, 0.15) is 47.2 Å². The zero-order chi connectivity index (χ0) is 35.7. The summed E-state index contributed by atoms with van der Waals surface area (Å²) in [5.74, 6) is -11.1. The van der Waals surface area contributed by atoms with Crippen molar-refractivity contribution in [2.75, 3.05) is 18.5 Å². The largest absolute Gasteiger partial charge is 0.383 e. The fraction of sp³-hybridized carbons (Fsp3) is 0.257. The van der Waals surface area contributed by atoms with E-state index in [1.165, 1.54) is 35.5 Å². The quantitative estimate of drug-likeness (QED) is 0.131. The maximum atomic E-state index is 14.9. The van der Waals surface area contributed by atoms with Gasteiger partial charge in [-0.15, -0.1) is 0 Å². The molecule has 6 rings (SSSR count). The standard InChI is InChI=1S/C35H27F6N5O4/c1-18(35(48,15-46-17-43-16-44-46)26-7-6-24(36)11-27(26)37)8-19-13-49-34(50-14-19)23-5-3-20-9-22(4-2-21(20)10-23)33(47)45-32-30(40)28(38)25(12-42)29(39)31(32)41/h2-7,9-11,16-19,34,48H,8,13-15H2,1H3,(H,45,47). The molecule has 5 aromatic rings. The Morgan fingerprint density at radius 2 is 1.68 bits per heavy atom. The van der Waals surface area contributed by atoms with Gasteiger partial charge in [0.15, 0.2) is 29.6 Å². The molecule has 15 heteroatoms. The summed E-state index contributed by atoms with van der Waals surface area (Å²) in [6.07, 6.45) is 2.27. The molecule has 0 spiro atoms. The highest BCUT2D eigenvalue weighted by Gasteiger charge is 2.41. The summed E-state index contributed by atoms with van der Waals surface area (Å²) in [7, 11) is 0. The molecule has 0 radical (unpaired) electrons. The monoisotopic (exact) mass is 695 g/mol. The van der Waals surface area contributed by atoms with Crippen LogP contribution in [0.2, 0.25) is 0 Å². The number of carbonyl (C=O) groups is 1. The number of aromatic nitrogens is 3. The van der Waals surface area contributed by atoms with Gasteiger partial charge in [-0.3, -0.25) is 4.79 Å². The van der Waals surface area contributed by atoms with Crippen molar-refractivity contribution in [3.63, 3.8) is 0 Å². The lowest BCUT2D eigenvalue weighted by atomic mass is 9.77. The second kappa shape index (κ2) is 13.9. The maximum Gasteiger partial charge on any atom is 0.255 e. The van der Waals surface area contributed by atoms with Crippen molar-refractivity contribution in [1.82, 2.24) is 14.8 Å². The smallest absolute Gasteiger partial charge is 0.255 e. The van der Waals surface area contributed by atoms with Gasteiger partial charge >= 0.3 is 0 Å². The Bertz CT molecular complexity index is 2090. The zero-order valence-electron chi connectivity index (χ0n) is 26.1. The molecule has 4 aromatic carbocycles. The first-order valence-electron chi connectivity index (χ1n) is 15.2. The SMILES string of the molecule is CC(CC1COC(c2ccc3cc(C(=O)Nc4c(F)c(F)c(C#N)c(F)c4F)ccc3c2)OC1)C(O)(Cn1cncn1)c1ccc(F)cc1F. The number of hydrogen-bond donors (Lipinski definition) is 2. The maximum absolute atomic E-state index is 14.9. The number of fused-ring (bicyclic) bond motifs is 1. The number of nitrogens with zero attached hydrogens (tertiary/aromatic N) is 4. The summed E-state index contributed by atoms with van der Waals surface area (Å²) in [5, 5.41) is 27.6. The minimum Gasteiger partial charge on any atom is -0.383 e. The zero-order valence-corrected chi connectivity index (χ0v) is 26.1. The molecule has 1 amide bonds.